The molecule has 2 aromatic heterocycles. The molecule has 1 unspecified atom stereocenters. The van der Waals surface area contributed by atoms with Gasteiger partial charge in [0.2, 0.25) is 0 Å². The summed E-state index contributed by atoms with van der Waals surface area (Å²) in [6.07, 6.45) is 1.85. The van der Waals surface area contributed by atoms with Crippen LogP contribution < -0.4 is 4.90 Å². The van der Waals surface area contributed by atoms with E-state index in [0.717, 1.165) is 0 Å². The second-order valence-electron chi connectivity index (χ2n) is 6.71. The van der Waals surface area contributed by atoms with Gasteiger partial charge in [-0.15, -0.1) is 0 Å². The standard InChI is InChI=1S/C16H20F2N6O2/c1-22-10-21-12-13(22)19-9-20-14(12)24-6-7-26-11(8-24)15(25)23-4-2-16(17,18)3-5-23/h9-11H,2-8H2,1H3. The van der Waals surface area contributed by atoms with Crippen LogP contribution in [0.4, 0.5) is 14.6 Å². The summed E-state index contributed by atoms with van der Waals surface area (Å²) < 4.78 is 34.1. The van der Waals surface area contributed by atoms with Crippen LogP contribution in [0.15, 0.2) is 12.7 Å². The minimum absolute atomic E-state index is 0.0592. The highest BCUT2D eigenvalue weighted by atomic mass is 19.3. The molecular formula is C16H20F2N6O2. The van der Waals surface area contributed by atoms with Crippen molar-refractivity contribution >= 4 is 22.9 Å². The highest BCUT2D eigenvalue weighted by molar-refractivity contribution is 5.85. The molecule has 0 spiro atoms. The Morgan fingerprint density at radius 1 is 1.23 bits per heavy atom. The number of likely N-dealkylation sites (tertiary alicyclic amines) is 1. The van der Waals surface area contributed by atoms with E-state index < -0.39 is 12.0 Å². The van der Waals surface area contributed by atoms with Gasteiger partial charge in [-0.05, 0) is 0 Å². The van der Waals surface area contributed by atoms with Gasteiger partial charge in [0.1, 0.15) is 6.33 Å². The Morgan fingerprint density at radius 3 is 2.77 bits per heavy atom. The van der Waals surface area contributed by atoms with Crippen molar-refractivity contribution in [1.82, 2.24) is 24.4 Å². The van der Waals surface area contributed by atoms with Crippen molar-refractivity contribution in [2.75, 3.05) is 37.7 Å². The quantitative estimate of drug-likeness (QED) is 0.784. The Morgan fingerprint density at radius 2 is 2.00 bits per heavy atom. The molecule has 140 valence electrons. The number of imidazole rings is 1. The average Bonchev–Trinajstić information content (AvgIpc) is 3.03. The number of piperidine rings is 1. The lowest BCUT2D eigenvalue weighted by Crippen LogP contribution is -2.53. The normalized spacial score (nSPS) is 23.4. The molecule has 0 bridgehead atoms. The Kier molecular flexibility index (Phi) is 4.22. The monoisotopic (exact) mass is 366 g/mol. The van der Waals surface area contributed by atoms with Gasteiger partial charge in [0.25, 0.3) is 11.8 Å². The Hall–Kier alpha value is -2.36. The Bertz CT molecular complexity index is 816. The fourth-order valence-corrected chi connectivity index (χ4v) is 3.41. The zero-order chi connectivity index (χ0) is 18.3. The molecule has 2 aliphatic heterocycles. The molecule has 8 nitrogen and oxygen atoms in total. The molecule has 4 rings (SSSR count). The van der Waals surface area contributed by atoms with Gasteiger partial charge in [-0.2, -0.15) is 0 Å². The first kappa shape index (κ1) is 17.1. The van der Waals surface area contributed by atoms with Crippen molar-refractivity contribution in [3.63, 3.8) is 0 Å². The second kappa shape index (κ2) is 6.42. The first-order chi connectivity index (χ1) is 12.4. The van der Waals surface area contributed by atoms with Crippen LogP contribution in [0, 0.1) is 0 Å². The van der Waals surface area contributed by atoms with Crippen LogP contribution in [0.3, 0.4) is 0 Å². The third-order valence-electron chi connectivity index (χ3n) is 4.93. The van der Waals surface area contributed by atoms with E-state index in [4.69, 9.17) is 4.74 Å². The molecule has 26 heavy (non-hydrogen) atoms. The maximum absolute atomic E-state index is 13.3. The molecule has 1 amide bonds. The minimum atomic E-state index is -2.68. The number of carbonyl (C=O) groups is 1. The van der Waals surface area contributed by atoms with E-state index in [2.05, 4.69) is 15.0 Å². The smallest absolute Gasteiger partial charge is 0.253 e. The molecule has 2 saturated heterocycles. The Balaban J connectivity index is 1.50. The SMILES string of the molecule is Cn1cnc2c(N3CCOC(C(=O)N4CCC(F)(F)CC4)C3)ncnc21. The van der Waals surface area contributed by atoms with Gasteiger partial charge in [-0.25, -0.2) is 23.7 Å². The third kappa shape index (κ3) is 3.09. The van der Waals surface area contributed by atoms with Crippen molar-refractivity contribution in [3.8, 4) is 0 Å². The zero-order valence-corrected chi connectivity index (χ0v) is 14.4. The van der Waals surface area contributed by atoms with Crippen LogP contribution in [-0.2, 0) is 16.6 Å². The minimum Gasteiger partial charge on any atom is -0.365 e. The average molecular weight is 366 g/mol. The van der Waals surface area contributed by atoms with Gasteiger partial charge in [-0.3, -0.25) is 4.79 Å². The molecule has 2 aliphatic rings. The van der Waals surface area contributed by atoms with E-state index in [0.29, 0.717) is 36.7 Å². The largest absolute Gasteiger partial charge is 0.365 e. The van der Waals surface area contributed by atoms with Crippen molar-refractivity contribution in [3.05, 3.63) is 12.7 Å². The zero-order valence-electron chi connectivity index (χ0n) is 14.4. The van der Waals surface area contributed by atoms with Gasteiger partial charge in [0.15, 0.2) is 23.1 Å². The van der Waals surface area contributed by atoms with Crippen molar-refractivity contribution < 1.29 is 18.3 Å². The van der Waals surface area contributed by atoms with E-state index in [1.807, 2.05) is 11.9 Å². The summed E-state index contributed by atoms with van der Waals surface area (Å²) in [7, 11) is 1.85. The Labute approximate surface area is 148 Å². The predicted molar refractivity (Wildman–Crippen MR) is 89.0 cm³/mol. The maximum atomic E-state index is 13.3. The highest BCUT2D eigenvalue weighted by Gasteiger charge is 2.39. The highest BCUT2D eigenvalue weighted by Crippen LogP contribution is 2.29. The number of fused-ring (bicyclic) bond motifs is 1. The van der Waals surface area contributed by atoms with Crippen molar-refractivity contribution in [2.24, 2.45) is 7.05 Å². The van der Waals surface area contributed by atoms with Crippen LogP contribution in [-0.4, -0.2) is 75.1 Å². The number of hydrogen-bond acceptors (Lipinski definition) is 6. The molecule has 0 aromatic carbocycles. The number of morpholine rings is 1. The number of anilines is 1. The molecule has 4 heterocycles. The lowest BCUT2D eigenvalue weighted by molar-refractivity contribution is -0.150. The van der Waals surface area contributed by atoms with Crippen LogP contribution in [0.25, 0.3) is 11.2 Å². The number of rotatable bonds is 2. The van der Waals surface area contributed by atoms with Gasteiger partial charge < -0.3 is 19.1 Å². The molecule has 0 N–H and O–H groups in total. The maximum Gasteiger partial charge on any atom is 0.253 e. The summed E-state index contributed by atoms with van der Waals surface area (Å²) in [5, 5.41) is 0. The fourth-order valence-electron chi connectivity index (χ4n) is 3.41. The molecule has 0 aliphatic carbocycles. The van der Waals surface area contributed by atoms with Gasteiger partial charge in [-0.1, -0.05) is 0 Å². The number of carbonyl (C=O) groups excluding carboxylic acids is 1. The summed E-state index contributed by atoms with van der Waals surface area (Å²) in [5.41, 5.74) is 1.38. The van der Waals surface area contributed by atoms with Crippen LogP contribution >= 0.6 is 0 Å². The van der Waals surface area contributed by atoms with Crippen molar-refractivity contribution in [2.45, 2.75) is 24.9 Å². The van der Waals surface area contributed by atoms with E-state index in [1.54, 1.807) is 10.9 Å². The lowest BCUT2D eigenvalue weighted by atomic mass is 10.1. The van der Waals surface area contributed by atoms with E-state index in [-0.39, 0.29) is 31.8 Å². The number of ether oxygens (including phenoxy) is 1. The van der Waals surface area contributed by atoms with Crippen LogP contribution in [0.5, 0.6) is 0 Å². The summed E-state index contributed by atoms with van der Waals surface area (Å²) >= 11 is 0. The number of aryl methyl sites for hydroxylation is 1. The number of alkyl halides is 2. The van der Waals surface area contributed by atoms with E-state index in [1.165, 1.54) is 11.2 Å². The number of nitrogens with zero attached hydrogens (tertiary/aromatic N) is 6. The second-order valence-corrected chi connectivity index (χ2v) is 6.71. The topological polar surface area (TPSA) is 76.4 Å². The van der Waals surface area contributed by atoms with Gasteiger partial charge in [0, 0.05) is 39.5 Å². The molecule has 10 heteroatoms. The van der Waals surface area contributed by atoms with Gasteiger partial charge >= 0.3 is 0 Å². The summed E-state index contributed by atoms with van der Waals surface area (Å²) in [6.45, 7) is 1.37. The van der Waals surface area contributed by atoms with E-state index >= 15 is 0 Å². The van der Waals surface area contributed by atoms with E-state index in [9.17, 15) is 13.6 Å². The number of aromatic nitrogens is 4. The fraction of sp³-hybridized carbons (Fsp3) is 0.625. The third-order valence-corrected chi connectivity index (χ3v) is 4.93. The number of halogens is 2. The molecular weight excluding hydrogens is 346 g/mol. The first-order valence-electron chi connectivity index (χ1n) is 8.60. The van der Waals surface area contributed by atoms with Crippen molar-refractivity contribution in [1.29, 1.82) is 0 Å². The van der Waals surface area contributed by atoms with Crippen LogP contribution in [0.1, 0.15) is 12.8 Å². The molecule has 0 saturated carbocycles. The lowest BCUT2D eigenvalue weighted by Gasteiger charge is -2.38. The molecule has 0 radical (unpaired) electrons. The molecule has 2 aromatic rings. The number of amides is 1. The molecule has 2 fully saturated rings. The summed E-state index contributed by atoms with van der Waals surface area (Å²) in [6, 6.07) is 0. The number of hydrogen-bond donors (Lipinski definition) is 0. The predicted octanol–water partition coefficient (Wildman–Crippen LogP) is 0.826. The van der Waals surface area contributed by atoms with Crippen LogP contribution in [0.2, 0.25) is 0 Å². The first-order valence-corrected chi connectivity index (χ1v) is 8.60. The summed E-state index contributed by atoms with van der Waals surface area (Å²) in [5.74, 6) is -2.26. The summed E-state index contributed by atoms with van der Waals surface area (Å²) in [4.78, 5) is 29.0. The van der Waals surface area contributed by atoms with Gasteiger partial charge in [0.05, 0.1) is 19.5 Å². The molecule has 1 atom stereocenters.